The van der Waals surface area contributed by atoms with Gasteiger partial charge in [-0.15, -0.1) is 0 Å². The van der Waals surface area contributed by atoms with Gasteiger partial charge in [0.25, 0.3) is 0 Å². The largest absolute Gasteiger partial charge is 0.455 e. The standard InChI is InChI=1S/C42H32N4O2/c43-40(29-23-21-28(22-24-29)33-18-10-19-35-34-17-7-8-20-38(34)47-39(33)35)48-41(44)37-26-36(45-42(46-37)30-13-5-2-6-14-30)32-16-9-15-31(25-32)27-11-3-1-4-12-27/h1-8,10-15,17-26,41,43H,9,16,44H2. The number of rotatable bonds is 7. The summed E-state index contributed by atoms with van der Waals surface area (Å²) in [4.78, 5) is 9.78. The zero-order valence-electron chi connectivity index (χ0n) is 26.1. The van der Waals surface area contributed by atoms with Gasteiger partial charge in [-0.05, 0) is 65.5 Å². The third-order valence-corrected chi connectivity index (χ3v) is 8.72. The molecule has 6 heteroatoms. The summed E-state index contributed by atoms with van der Waals surface area (Å²) in [6.07, 6.45) is 5.24. The summed E-state index contributed by atoms with van der Waals surface area (Å²) in [7, 11) is 0. The normalized spacial score (nSPS) is 13.6. The average molecular weight is 625 g/mol. The minimum absolute atomic E-state index is 0.0383. The van der Waals surface area contributed by atoms with Crippen molar-refractivity contribution >= 4 is 39.0 Å². The van der Waals surface area contributed by atoms with Crippen LogP contribution in [0.15, 0.2) is 150 Å². The fraction of sp³-hybridized carbons (Fsp3) is 0.0714. The maximum atomic E-state index is 8.79. The maximum Gasteiger partial charge on any atom is 0.215 e. The van der Waals surface area contributed by atoms with Gasteiger partial charge in [0, 0.05) is 27.5 Å². The number of nitrogens with one attached hydrogen (secondary N) is 1. The summed E-state index contributed by atoms with van der Waals surface area (Å²) in [5.41, 5.74) is 16.5. The van der Waals surface area contributed by atoms with Gasteiger partial charge in [-0.3, -0.25) is 11.1 Å². The van der Waals surface area contributed by atoms with Crippen molar-refractivity contribution in [1.82, 2.24) is 9.97 Å². The Labute approximate surface area is 278 Å². The zero-order valence-corrected chi connectivity index (χ0v) is 26.1. The van der Waals surface area contributed by atoms with E-state index in [1.54, 1.807) is 0 Å². The molecule has 7 aromatic rings. The molecule has 0 amide bonds. The van der Waals surface area contributed by atoms with Crippen LogP contribution < -0.4 is 5.73 Å². The van der Waals surface area contributed by atoms with Crippen LogP contribution in [0.5, 0.6) is 0 Å². The molecular formula is C42H32N4O2. The van der Waals surface area contributed by atoms with E-state index in [2.05, 4.69) is 54.6 Å². The van der Waals surface area contributed by atoms with Gasteiger partial charge >= 0.3 is 0 Å². The van der Waals surface area contributed by atoms with E-state index in [0.29, 0.717) is 17.1 Å². The highest BCUT2D eigenvalue weighted by Gasteiger charge is 2.20. The number of benzene rings is 5. The fourth-order valence-electron chi connectivity index (χ4n) is 6.26. The average Bonchev–Trinajstić information content (AvgIpc) is 3.54. The number of furan rings is 1. The molecule has 1 aliphatic rings. The first-order valence-electron chi connectivity index (χ1n) is 16.0. The second-order valence-corrected chi connectivity index (χ2v) is 11.8. The van der Waals surface area contributed by atoms with Gasteiger partial charge in [-0.2, -0.15) is 0 Å². The minimum Gasteiger partial charge on any atom is -0.455 e. The monoisotopic (exact) mass is 624 g/mol. The highest BCUT2D eigenvalue weighted by molar-refractivity contribution is 6.09. The van der Waals surface area contributed by atoms with E-state index in [9.17, 15) is 0 Å². The summed E-state index contributed by atoms with van der Waals surface area (Å²) < 4.78 is 12.3. The van der Waals surface area contributed by atoms with Crippen molar-refractivity contribution in [3.63, 3.8) is 0 Å². The smallest absolute Gasteiger partial charge is 0.215 e. The molecule has 1 unspecified atom stereocenters. The van der Waals surface area contributed by atoms with Crippen LogP contribution >= 0.6 is 0 Å². The molecule has 1 aliphatic carbocycles. The summed E-state index contributed by atoms with van der Waals surface area (Å²) in [6.45, 7) is 0. The predicted octanol–water partition coefficient (Wildman–Crippen LogP) is 9.97. The fourth-order valence-corrected chi connectivity index (χ4v) is 6.26. The second-order valence-electron chi connectivity index (χ2n) is 11.8. The molecular weight excluding hydrogens is 592 g/mol. The number of ether oxygens (including phenoxy) is 1. The van der Waals surface area contributed by atoms with E-state index in [1.165, 1.54) is 11.1 Å². The van der Waals surface area contributed by atoms with Gasteiger partial charge in [-0.1, -0.05) is 115 Å². The van der Waals surface area contributed by atoms with Crippen molar-refractivity contribution in [3.05, 3.63) is 168 Å². The first kappa shape index (κ1) is 29.3. The van der Waals surface area contributed by atoms with E-state index >= 15 is 0 Å². The molecule has 3 N–H and O–H groups in total. The molecule has 0 fully saturated rings. The summed E-state index contributed by atoms with van der Waals surface area (Å²) in [5, 5.41) is 11.0. The maximum absolute atomic E-state index is 8.79. The van der Waals surface area contributed by atoms with Crippen LogP contribution in [0, 0.1) is 5.41 Å². The van der Waals surface area contributed by atoms with Crippen LogP contribution in [-0.2, 0) is 4.74 Å². The number of fused-ring (bicyclic) bond motifs is 3. The molecule has 0 radical (unpaired) electrons. The molecule has 0 saturated heterocycles. The van der Waals surface area contributed by atoms with Crippen LogP contribution in [0.25, 0.3) is 55.6 Å². The molecule has 0 saturated carbocycles. The molecule has 8 rings (SSSR count). The van der Waals surface area contributed by atoms with Gasteiger partial charge in [0.05, 0.1) is 5.69 Å². The third kappa shape index (κ3) is 5.70. The Bertz CT molecular complexity index is 2340. The Kier molecular flexibility index (Phi) is 7.69. The van der Waals surface area contributed by atoms with Gasteiger partial charge in [0.1, 0.15) is 16.9 Å². The Morgan fingerprint density at radius 1 is 0.729 bits per heavy atom. The second kappa shape index (κ2) is 12.6. The summed E-state index contributed by atoms with van der Waals surface area (Å²) in [5.74, 6) is 0.526. The van der Waals surface area contributed by atoms with Crippen LogP contribution in [0.4, 0.5) is 0 Å². The van der Waals surface area contributed by atoms with Gasteiger partial charge in [-0.25, -0.2) is 9.97 Å². The lowest BCUT2D eigenvalue weighted by molar-refractivity contribution is 0.194. The van der Waals surface area contributed by atoms with Crippen molar-refractivity contribution in [2.75, 3.05) is 0 Å². The van der Waals surface area contributed by atoms with E-state index in [0.717, 1.165) is 62.7 Å². The van der Waals surface area contributed by atoms with E-state index < -0.39 is 6.23 Å². The summed E-state index contributed by atoms with van der Waals surface area (Å²) in [6, 6.07) is 44.0. The van der Waals surface area contributed by atoms with Gasteiger partial charge in [0.2, 0.25) is 5.90 Å². The number of hydrogen-bond donors (Lipinski definition) is 2. The quantitative estimate of drug-likeness (QED) is 0.104. The highest BCUT2D eigenvalue weighted by Crippen LogP contribution is 2.36. The van der Waals surface area contributed by atoms with Crippen LogP contribution in [0.1, 0.15) is 41.6 Å². The van der Waals surface area contributed by atoms with E-state index in [4.69, 9.17) is 30.3 Å². The van der Waals surface area contributed by atoms with Crippen molar-refractivity contribution < 1.29 is 9.15 Å². The van der Waals surface area contributed by atoms with Gasteiger partial charge < -0.3 is 9.15 Å². The molecule has 1 atom stereocenters. The topological polar surface area (TPSA) is 98.0 Å². The Morgan fingerprint density at radius 3 is 2.23 bits per heavy atom. The van der Waals surface area contributed by atoms with Crippen LogP contribution in [0.3, 0.4) is 0 Å². The summed E-state index contributed by atoms with van der Waals surface area (Å²) >= 11 is 0. The van der Waals surface area contributed by atoms with Crippen molar-refractivity contribution in [2.45, 2.75) is 19.1 Å². The molecule has 6 nitrogen and oxygen atoms in total. The Balaban J connectivity index is 1.07. The minimum atomic E-state index is -0.973. The number of para-hydroxylation sites is 2. The first-order valence-corrected chi connectivity index (χ1v) is 16.0. The third-order valence-electron chi connectivity index (χ3n) is 8.72. The lowest BCUT2D eigenvalue weighted by Gasteiger charge is -2.19. The van der Waals surface area contributed by atoms with Crippen LogP contribution in [0.2, 0.25) is 0 Å². The van der Waals surface area contributed by atoms with Crippen LogP contribution in [-0.4, -0.2) is 15.9 Å². The van der Waals surface area contributed by atoms with Crippen molar-refractivity contribution in [3.8, 4) is 22.5 Å². The zero-order chi connectivity index (χ0) is 32.5. The Morgan fingerprint density at radius 2 is 1.44 bits per heavy atom. The number of allylic oxidation sites excluding steroid dienone is 4. The highest BCUT2D eigenvalue weighted by atomic mass is 16.5. The molecule has 232 valence electrons. The molecule has 2 aromatic heterocycles. The van der Waals surface area contributed by atoms with E-state index in [1.807, 2.05) is 91.0 Å². The lowest BCUT2D eigenvalue weighted by atomic mass is 9.92. The molecule has 0 bridgehead atoms. The first-order chi connectivity index (χ1) is 23.6. The van der Waals surface area contributed by atoms with E-state index in [-0.39, 0.29) is 5.90 Å². The van der Waals surface area contributed by atoms with Gasteiger partial charge in [0.15, 0.2) is 12.1 Å². The number of nitrogens with two attached hydrogens (primary N) is 1. The molecule has 5 aromatic carbocycles. The predicted molar refractivity (Wildman–Crippen MR) is 193 cm³/mol. The van der Waals surface area contributed by atoms with Crippen molar-refractivity contribution in [2.24, 2.45) is 5.73 Å². The molecule has 48 heavy (non-hydrogen) atoms. The molecule has 2 heterocycles. The van der Waals surface area contributed by atoms with Crippen molar-refractivity contribution in [1.29, 1.82) is 5.41 Å². The molecule has 0 aliphatic heterocycles. The SMILES string of the molecule is N=C(OC(N)c1cc(C2=CC(c3ccccc3)=CCC2)nc(-c2ccccc2)n1)c1ccc(-c2cccc3c2oc2ccccc23)cc1. The number of nitrogens with zero attached hydrogens (tertiary/aromatic N) is 2. The Hall–Kier alpha value is -6.11. The number of aromatic nitrogens is 2. The number of hydrogen-bond acceptors (Lipinski definition) is 6. The molecule has 0 spiro atoms. The lowest BCUT2D eigenvalue weighted by Crippen LogP contribution is -2.21.